The number of piperazine rings is 1. The minimum Gasteiger partial charge on any atom is -0.311 e. The maximum Gasteiger partial charge on any atom is 0.0473 e. The van der Waals surface area contributed by atoms with Crippen molar-refractivity contribution in [2.75, 3.05) is 19.6 Å². The van der Waals surface area contributed by atoms with Gasteiger partial charge in [-0.25, -0.2) is 0 Å². The highest BCUT2D eigenvalue weighted by Crippen LogP contribution is 2.36. The average Bonchev–Trinajstić information content (AvgIpc) is 3.37. The van der Waals surface area contributed by atoms with Crippen LogP contribution in [0.5, 0.6) is 0 Å². The van der Waals surface area contributed by atoms with E-state index in [9.17, 15) is 0 Å². The predicted molar refractivity (Wildman–Crippen MR) is 88.0 cm³/mol. The van der Waals surface area contributed by atoms with Gasteiger partial charge in [-0.3, -0.25) is 4.90 Å². The van der Waals surface area contributed by atoms with Crippen LogP contribution in [0.3, 0.4) is 0 Å². The summed E-state index contributed by atoms with van der Waals surface area (Å²) in [6.07, 6.45) is 11.5. The van der Waals surface area contributed by atoms with Crippen molar-refractivity contribution in [3.8, 4) is 12.3 Å². The van der Waals surface area contributed by atoms with Crippen molar-refractivity contribution in [2.24, 2.45) is 5.92 Å². The summed E-state index contributed by atoms with van der Waals surface area (Å²) in [5, 5.41) is 3.79. The molecular weight excluding hydrogens is 256 g/mol. The Balaban J connectivity index is 1.63. The fourth-order valence-corrected chi connectivity index (χ4v) is 3.44. The lowest BCUT2D eigenvalue weighted by Crippen LogP contribution is -2.53. The Kier molecular flexibility index (Phi) is 4.95. The van der Waals surface area contributed by atoms with Crippen molar-refractivity contribution in [1.29, 1.82) is 0 Å². The molecule has 1 saturated carbocycles. The second kappa shape index (κ2) is 7.11. The number of rotatable bonds is 6. The molecule has 1 aliphatic heterocycles. The zero-order valence-electron chi connectivity index (χ0n) is 12.8. The van der Waals surface area contributed by atoms with Crippen molar-refractivity contribution >= 4 is 0 Å². The summed E-state index contributed by atoms with van der Waals surface area (Å²) in [6, 6.07) is 12.2. The van der Waals surface area contributed by atoms with Gasteiger partial charge in [-0.15, -0.1) is 12.3 Å². The summed E-state index contributed by atoms with van der Waals surface area (Å²) >= 11 is 0. The van der Waals surface area contributed by atoms with Crippen molar-refractivity contribution < 1.29 is 0 Å². The Morgan fingerprint density at radius 3 is 2.71 bits per heavy atom. The van der Waals surface area contributed by atoms with E-state index in [0.29, 0.717) is 12.1 Å². The minimum absolute atomic E-state index is 0.520. The van der Waals surface area contributed by atoms with Gasteiger partial charge < -0.3 is 5.32 Å². The number of nitrogens with one attached hydrogen (secondary N) is 1. The summed E-state index contributed by atoms with van der Waals surface area (Å²) in [5.41, 5.74) is 1.44. The second-order valence-electron chi connectivity index (χ2n) is 6.43. The Bertz CT molecular complexity index is 472. The molecule has 0 aromatic heterocycles. The van der Waals surface area contributed by atoms with Gasteiger partial charge in [0.2, 0.25) is 0 Å². The molecule has 2 nitrogen and oxygen atoms in total. The van der Waals surface area contributed by atoms with E-state index in [2.05, 4.69) is 46.5 Å². The molecule has 3 rings (SSSR count). The monoisotopic (exact) mass is 282 g/mol. The van der Waals surface area contributed by atoms with Gasteiger partial charge in [-0.2, -0.15) is 0 Å². The first kappa shape index (κ1) is 14.6. The molecule has 2 fully saturated rings. The molecular formula is C19H26N2. The number of benzene rings is 1. The topological polar surface area (TPSA) is 15.3 Å². The van der Waals surface area contributed by atoms with Crippen LogP contribution < -0.4 is 5.32 Å². The lowest BCUT2D eigenvalue weighted by atomic mass is 9.98. The third-order valence-electron chi connectivity index (χ3n) is 4.84. The van der Waals surface area contributed by atoms with E-state index in [-0.39, 0.29) is 0 Å². The Hall–Kier alpha value is -1.30. The van der Waals surface area contributed by atoms with E-state index in [1.165, 1.54) is 37.9 Å². The van der Waals surface area contributed by atoms with Crippen molar-refractivity contribution in [2.45, 2.75) is 44.2 Å². The average molecular weight is 282 g/mol. The Labute approximate surface area is 128 Å². The lowest BCUT2D eigenvalue weighted by molar-refractivity contribution is 0.120. The van der Waals surface area contributed by atoms with Crippen molar-refractivity contribution in [3.63, 3.8) is 0 Å². The van der Waals surface area contributed by atoms with Crippen LogP contribution >= 0.6 is 0 Å². The van der Waals surface area contributed by atoms with Crippen LogP contribution in [-0.4, -0.2) is 30.6 Å². The zero-order chi connectivity index (χ0) is 14.5. The van der Waals surface area contributed by atoms with E-state index >= 15 is 0 Å². The molecule has 0 amide bonds. The molecule has 1 aliphatic carbocycles. The standard InChI is InChI=1S/C19H26N2/c1-2-3-4-8-13-21-15-18(16-11-12-16)20-14-19(21)17-9-6-5-7-10-17/h1,5-7,9-10,16,18-20H,3-4,8,11-15H2. The molecule has 1 N–H and O–H groups in total. The fraction of sp³-hybridized carbons (Fsp3) is 0.579. The molecule has 2 unspecified atom stereocenters. The quantitative estimate of drug-likeness (QED) is 0.636. The largest absolute Gasteiger partial charge is 0.311 e. The van der Waals surface area contributed by atoms with E-state index < -0.39 is 0 Å². The van der Waals surface area contributed by atoms with Gasteiger partial charge in [0.15, 0.2) is 0 Å². The van der Waals surface area contributed by atoms with Crippen molar-refractivity contribution in [1.82, 2.24) is 10.2 Å². The molecule has 112 valence electrons. The van der Waals surface area contributed by atoms with Crippen LogP contribution in [0, 0.1) is 18.3 Å². The summed E-state index contributed by atoms with van der Waals surface area (Å²) in [7, 11) is 0. The van der Waals surface area contributed by atoms with Crippen LogP contribution in [0.2, 0.25) is 0 Å². The minimum atomic E-state index is 0.520. The van der Waals surface area contributed by atoms with Crippen LogP contribution in [0.1, 0.15) is 43.7 Å². The smallest absolute Gasteiger partial charge is 0.0473 e. The highest BCUT2D eigenvalue weighted by Gasteiger charge is 2.37. The molecule has 2 aliphatic rings. The number of hydrogen-bond donors (Lipinski definition) is 1. The van der Waals surface area contributed by atoms with Gasteiger partial charge in [0.05, 0.1) is 0 Å². The highest BCUT2D eigenvalue weighted by molar-refractivity contribution is 5.20. The number of terminal acetylenes is 1. The van der Waals surface area contributed by atoms with E-state index in [1.807, 2.05) is 0 Å². The molecule has 21 heavy (non-hydrogen) atoms. The second-order valence-corrected chi connectivity index (χ2v) is 6.43. The van der Waals surface area contributed by atoms with E-state index in [4.69, 9.17) is 6.42 Å². The predicted octanol–water partition coefficient (Wildman–Crippen LogP) is 3.22. The molecule has 1 aromatic carbocycles. The third-order valence-corrected chi connectivity index (χ3v) is 4.84. The van der Waals surface area contributed by atoms with E-state index in [1.54, 1.807) is 0 Å². The summed E-state index contributed by atoms with van der Waals surface area (Å²) < 4.78 is 0. The fourth-order valence-electron chi connectivity index (χ4n) is 3.44. The molecule has 1 heterocycles. The Morgan fingerprint density at radius 1 is 1.19 bits per heavy atom. The van der Waals surface area contributed by atoms with E-state index in [0.717, 1.165) is 25.3 Å². The van der Waals surface area contributed by atoms with Crippen LogP contribution in [0.15, 0.2) is 30.3 Å². The van der Waals surface area contributed by atoms with Gasteiger partial charge in [-0.1, -0.05) is 30.3 Å². The first-order valence-electron chi connectivity index (χ1n) is 8.34. The van der Waals surface area contributed by atoms with Crippen LogP contribution in [-0.2, 0) is 0 Å². The first-order valence-corrected chi connectivity index (χ1v) is 8.34. The zero-order valence-corrected chi connectivity index (χ0v) is 12.8. The molecule has 0 spiro atoms. The Morgan fingerprint density at radius 2 is 2.00 bits per heavy atom. The van der Waals surface area contributed by atoms with Gasteiger partial charge in [0, 0.05) is 31.6 Å². The molecule has 2 atom stereocenters. The molecule has 0 bridgehead atoms. The SMILES string of the molecule is C#CCCCCN1CC(C2CC2)NCC1c1ccccc1. The van der Waals surface area contributed by atoms with Gasteiger partial charge in [0.1, 0.15) is 0 Å². The summed E-state index contributed by atoms with van der Waals surface area (Å²) in [5.74, 6) is 3.68. The molecule has 0 radical (unpaired) electrons. The molecule has 1 saturated heterocycles. The van der Waals surface area contributed by atoms with Crippen LogP contribution in [0.25, 0.3) is 0 Å². The number of hydrogen-bond acceptors (Lipinski definition) is 2. The highest BCUT2D eigenvalue weighted by atomic mass is 15.2. The molecule has 2 heteroatoms. The van der Waals surface area contributed by atoms with Crippen molar-refractivity contribution in [3.05, 3.63) is 35.9 Å². The maximum absolute atomic E-state index is 5.36. The summed E-state index contributed by atoms with van der Waals surface area (Å²) in [4.78, 5) is 2.69. The van der Waals surface area contributed by atoms with Gasteiger partial charge in [0.25, 0.3) is 0 Å². The van der Waals surface area contributed by atoms with Gasteiger partial charge in [-0.05, 0) is 43.7 Å². The third kappa shape index (κ3) is 3.87. The first-order chi connectivity index (χ1) is 10.4. The molecule has 1 aromatic rings. The summed E-state index contributed by atoms with van der Waals surface area (Å²) in [6.45, 7) is 3.45. The lowest BCUT2D eigenvalue weighted by Gasteiger charge is -2.41. The number of nitrogens with zero attached hydrogens (tertiary/aromatic N) is 1. The number of unbranched alkanes of at least 4 members (excludes halogenated alkanes) is 2. The van der Waals surface area contributed by atoms with Crippen LogP contribution in [0.4, 0.5) is 0 Å². The van der Waals surface area contributed by atoms with Gasteiger partial charge >= 0.3 is 0 Å². The maximum atomic E-state index is 5.36. The normalized spacial score (nSPS) is 26.4.